The van der Waals surface area contributed by atoms with E-state index in [1.54, 1.807) is 18.2 Å². The maximum atomic E-state index is 12.5. The van der Waals surface area contributed by atoms with Gasteiger partial charge in [-0.05, 0) is 37.5 Å². The first-order valence-corrected chi connectivity index (χ1v) is 7.50. The van der Waals surface area contributed by atoms with Gasteiger partial charge < -0.3 is 0 Å². The monoisotopic (exact) mass is 264 g/mol. The maximum absolute atomic E-state index is 12.5. The van der Waals surface area contributed by atoms with Crippen molar-refractivity contribution in [3.05, 3.63) is 29.3 Å². The van der Waals surface area contributed by atoms with E-state index in [0.29, 0.717) is 13.1 Å². The Bertz CT molecular complexity index is 581. The molecule has 0 saturated carbocycles. The van der Waals surface area contributed by atoms with Crippen LogP contribution in [0.1, 0.15) is 30.4 Å². The van der Waals surface area contributed by atoms with Crippen LogP contribution in [0.5, 0.6) is 0 Å². The van der Waals surface area contributed by atoms with E-state index < -0.39 is 10.0 Å². The lowest BCUT2D eigenvalue weighted by molar-refractivity contribution is 0.346. The van der Waals surface area contributed by atoms with Crippen molar-refractivity contribution in [1.82, 2.24) is 4.31 Å². The Kier molecular flexibility index (Phi) is 3.69. The third-order valence-electron chi connectivity index (χ3n) is 3.19. The molecule has 1 aromatic carbocycles. The van der Waals surface area contributed by atoms with Crippen molar-refractivity contribution in [2.75, 3.05) is 13.1 Å². The number of nitriles is 1. The highest BCUT2D eigenvalue weighted by atomic mass is 32.2. The predicted molar refractivity (Wildman–Crippen MR) is 68.5 cm³/mol. The quantitative estimate of drug-likeness (QED) is 0.821. The summed E-state index contributed by atoms with van der Waals surface area (Å²) in [6.07, 6.45) is 2.87. The van der Waals surface area contributed by atoms with Gasteiger partial charge in [0.25, 0.3) is 0 Å². The average molecular weight is 264 g/mol. The number of rotatable bonds is 2. The van der Waals surface area contributed by atoms with Gasteiger partial charge in [-0.25, -0.2) is 8.42 Å². The zero-order valence-electron chi connectivity index (χ0n) is 10.4. The van der Waals surface area contributed by atoms with Crippen molar-refractivity contribution in [2.45, 2.75) is 31.1 Å². The number of benzene rings is 1. The van der Waals surface area contributed by atoms with Gasteiger partial charge in [0.1, 0.15) is 11.0 Å². The lowest BCUT2D eigenvalue weighted by Crippen LogP contribution is -2.36. The van der Waals surface area contributed by atoms with E-state index >= 15 is 0 Å². The molecule has 96 valence electrons. The number of sulfonamides is 1. The molecule has 5 heteroatoms. The first-order valence-electron chi connectivity index (χ1n) is 6.06. The molecule has 0 spiro atoms. The first-order chi connectivity index (χ1) is 8.55. The van der Waals surface area contributed by atoms with E-state index in [1.165, 1.54) is 4.31 Å². The van der Waals surface area contributed by atoms with Gasteiger partial charge >= 0.3 is 0 Å². The Labute approximate surface area is 108 Å². The van der Waals surface area contributed by atoms with E-state index in [4.69, 9.17) is 5.26 Å². The summed E-state index contributed by atoms with van der Waals surface area (Å²) < 4.78 is 26.5. The molecule has 0 atom stereocenters. The van der Waals surface area contributed by atoms with Crippen LogP contribution in [-0.2, 0) is 10.0 Å². The summed E-state index contributed by atoms with van der Waals surface area (Å²) in [5.74, 6) is 0. The minimum Gasteiger partial charge on any atom is -0.207 e. The molecule has 4 nitrogen and oxygen atoms in total. The summed E-state index contributed by atoms with van der Waals surface area (Å²) in [6.45, 7) is 2.94. The summed E-state index contributed by atoms with van der Waals surface area (Å²) in [6, 6.07) is 6.88. The normalized spacial score (nSPS) is 17.3. The molecule has 1 aliphatic heterocycles. The largest absolute Gasteiger partial charge is 0.244 e. The number of piperidine rings is 1. The van der Waals surface area contributed by atoms with Crippen molar-refractivity contribution in [3.8, 4) is 6.07 Å². The topological polar surface area (TPSA) is 61.2 Å². The van der Waals surface area contributed by atoms with Gasteiger partial charge in [0, 0.05) is 13.1 Å². The van der Waals surface area contributed by atoms with Crippen LogP contribution >= 0.6 is 0 Å². The molecular weight excluding hydrogens is 248 g/mol. The number of hydrogen-bond acceptors (Lipinski definition) is 3. The predicted octanol–water partition coefficient (Wildman–Crippen LogP) is 2.04. The number of hydrogen-bond donors (Lipinski definition) is 0. The lowest BCUT2D eigenvalue weighted by Gasteiger charge is -2.26. The van der Waals surface area contributed by atoms with E-state index in [9.17, 15) is 8.42 Å². The third kappa shape index (κ3) is 2.40. The average Bonchev–Trinajstić information content (AvgIpc) is 2.39. The summed E-state index contributed by atoms with van der Waals surface area (Å²) in [5.41, 5.74) is 1.08. The maximum Gasteiger partial charge on any atom is 0.244 e. The molecule has 0 aliphatic carbocycles. The van der Waals surface area contributed by atoms with Crippen molar-refractivity contribution in [2.24, 2.45) is 0 Å². The molecule has 2 rings (SSSR count). The molecule has 18 heavy (non-hydrogen) atoms. The van der Waals surface area contributed by atoms with Crippen molar-refractivity contribution in [3.63, 3.8) is 0 Å². The molecular formula is C13H16N2O2S. The lowest BCUT2D eigenvalue weighted by atomic mass is 10.2. The van der Waals surface area contributed by atoms with Crippen molar-refractivity contribution < 1.29 is 8.42 Å². The van der Waals surface area contributed by atoms with E-state index in [1.807, 2.05) is 13.0 Å². The van der Waals surface area contributed by atoms with Crippen LogP contribution in [0.4, 0.5) is 0 Å². The van der Waals surface area contributed by atoms with Gasteiger partial charge in [0.15, 0.2) is 0 Å². The Morgan fingerprint density at radius 3 is 2.50 bits per heavy atom. The Morgan fingerprint density at radius 2 is 1.89 bits per heavy atom. The number of nitrogens with zero attached hydrogens (tertiary/aromatic N) is 2. The smallest absolute Gasteiger partial charge is 0.207 e. The van der Waals surface area contributed by atoms with Gasteiger partial charge in [0.05, 0.1) is 5.56 Å². The van der Waals surface area contributed by atoms with Crippen LogP contribution in [0.3, 0.4) is 0 Å². The van der Waals surface area contributed by atoms with Gasteiger partial charge in [0.2, 0.25) is 10.0 Å². The van der Waals surface area contributed by atoms with E-state index in [2.05, 4.69) is 0 Å². The summed E-state index contributed by atoms with van der Waals surface area (Å²) in [4.78, 5) is 0.145. The first kappa shape index (κ1) is 13.1. The highest BCUT2D eigenvalue weighted by molar-refractivity contribution is 7.89. The fourth-order valence-corrected chi connectivity index (χ4v) is 3.92. The number of aryl methyl sites for hydroxylation is 1. The molecule has 1 aliphatic rings. The van der Waals surface area contributed by atoms with Gasteiger partial charge in [-0.1, -0.05) is 12.5 Å². The van der Waals surface area contributed by atoms with E-state index in [0.717, 1.165) is 24.8 Å². The van der Waals surface area contributed by atoms with Crippen LogP contribution in [0.25, 0.3) is 0 Å². The van der Waals surface area contributed by atoms with Gasteiger partial charge in [-0.2, -0.15) is 9.57 Å². The van der Waals surface area contributed by atoms with Crippen LogP contribution in [-0.4, -0.2) is 25.8 Å². The SMILES string of the molecule is Cc1ccc(C#N)c(S(=O)(=O)N2CCCCC2)c1. The summed E-state index contributed by atoms with van der Waals surface area (Å²) >= 11 is 0. The standard InChI is InChI=1S/C13H16N2O2S/c1-11-5-6-12(10-14)13(9-11)18(16,17)15-7-3-2-4-8-15/h5-6,9H,2-4,7-8H2,1H3. The Hall–Kier alpha value is -1.38. The zero-order chi connectivity index (χ0) is 13.2. The zero-order valence-corrected chi connectivity index (χ0v) is 11.2. The third-order valence-corrected chi connectivity index (χ3v) is 5.13. The minimum absolute atomic E-state index is 0.145. The molecule has 0 N–H and O–H groups in total. The molecule has 1 fully saturated rings. The highest BCUT2D eigenvalue weighted by Crippen LogP contribution is 2.24. The van der Waals surface area contributed by atoms with Gasteiger partial charge in [-0.15, -0.1) is 0 Å². The van der Waals surface area contributed by atoms with Crippen LogP contribution < -0.4 is 0 Å². The highest BCUT2D eigenvalue weighted by Gasteiger charge is 2.28. The second-order valence-electron chi connectivity index (χ2n) is 4.58. The molecule has 0 aromatic heterocycles. The fourth-order valence-electron chi connectivity index (χ4n) is 2.18. The van der Waals surface area contributed by atoms with Crippen molar-refractivity contribution in [1.29, 1.82) is 5.26 Å². The molecule has 1 aromatic rings. The van der Waals surface area contributed by atoms with Crippen LogP contribution in [0.15, 0.2) is 23.1 Å². The molecule has 1 saturated heterocycles. The molecule has 0 amide bonds. The summed E-state index contributed by atoms with van der Waals surface area (Å²) in [5, 5.41) is 9.04. The Balaban J connectivity index is 2.46. The minimum atomic E-state index is -3.52. The second-order valence-corrected chi connectivity index (χ2v) is 6.48. The van der Waals surface area contributed by atoms with Gasteiger partial charge in [-0.3, -0.25) is 0 Å². The van der Waals surface area contributed by atoms with Crippen molar-refractivity contribution >= 4 is 10.0 Å². The molecule has 0 radical (unpaired) electrons. The summed E-state index contributed by atoms with van der Waals surface area (Å²) in [7, 11) is -3.52. The molecule has 0 bridgehead atoms. The van der Waals surface area contributed by atoms with Crippen LogP contribution in [0, 0.1) is 18.3 Å². The molecule has 0 unspecified atom stereocenters. The second kappa shape index (κ2) is 5.09. The fraction of sp³-hybridized carbons (Fsp3) is 0.462. The van der Waals surface area contributed by atoms with Crippen LogP contribution in [0.2, 0.25) is 0 Å². The Morgan fingerprint density at radius 1 is 1.22 bits per heavy atom. The van der Waals surface area contributed by atoms with E-state index in [-0.39, 0.29) is 10.5 Å². The molecule has 1 heterocycles.